The van der Waals surface area contributed by atoms with Crippen LogP contribution in [0, 0.1) is 5.92 Å². The van der Waals surface area contributed by atoms with Crippen molar-refractivity contribution in [3.8, 4) is 5.75 Å². The molecule has 0 aliphatic heterocycles. The number of aromatic hydroxyl groups is 1. The van der Waals surface area contributed by atoms with Gasteiger partial charge in [-0.25, -0.2) is 0 Å². The highest BCUT2D eigenvalue weighted by molar-refractivity contribution is 7.99. The summed E-state index contributed by atoms with van der Waals surface area (Å²) in [7, 11) is 0. The molecular formula is C19H30O2S2. The Morgan fingerprint density at radius 3 is 2.13 bits per heavy atom. The third-order valence-electron chi connectivity index (χ3n) is 4.93. The van der Waals surface area contributed by atoms with Crippen molar-refractivity contribution < 1.29 is 10.2 Å². The monoisotopic (exact) mass is 354 g/mol. The maximum absolute atomic E-state index is 10.1. The van der Waals surface area contributed by atoms with Gasteiger partial charge in [0.25, 0.3) is 0 Å². The average Bonchev–Trinajstić information content (AvgIpc) is 2.57. The number of aliphatic hydroxyl groups is 1. The van der Waals surface area contributed by atoms with Crippen molar-refractivity contribution in [3.63, 3.8) is 0 Å². The molecule has 1 aliphatic rings. The Hall–Kier alpha value is -0.320. The minimum absolute atomic E-state index is 0.0305. The number of aliphatic hydroxyl groups excluding tert-OH is 1. The molecular weight excluding hydrogens is 324 g/mol. The van der Waals surface area contributed by atoms with Gasteiger partial charge in [-0.3, -0.25) is 0 Å². The van der Waals surface area contributed by atoms with Crippen molar-refractivity contribution in [2.75, 3.05) is 12.5 Å². The van der Waals surface area contributed by atoms with Gasteiger partial charge in [0.15, 0.2) is 0 Å². The molecule has 1 saturated carbocycles. The fourth-order valence-electron chi connectivity index (χ4n) is 3.46. The van der Waals surface area contributed by atoms with Crippen LogP contribution < -0.4 is 0 Å². The Morgan fingerprint density at radius 1 is 0.957 bits per heavy atom. The molecule has 0 heterocycles. The average molecular weight is 355 g/mol. The summed E-state index contributed by atoms with van der Waals surface area (Å²) in [5.74, 6) is 1.28. The number of benzene rings is 1. The first-order valence-electron chi connectivity index (χ1n) is 8.76. The lowest BCUT2D eigenvalue weighted by Gasteiger charge is -2.25. The van der Waals surface area contributed by atoms with Crippen LogP contribution in [0.5, 0.6) is 5.75 Å². The van der Waals surface area contributed by atoms with Gasteiger partial charge in [0.2, 0.25) is 0 Å². The minimum atomic E-state index is -0.0305. The number of unbranched alkanes of at least 4 members (excludes halogenated alkanes) is 2. The van der Waals surface area contributed by atoms with Crippen LogP contribution in [0.3, 0.4) is 0 Å². The van der Waals surface area contributed by atoms with Gasteiger partial charge in [0.05, 0.1) is 15.9 Å². The molecule has 23 heavy (non-hydrogen) atoms. The van der Waals surface area contributed by atoms with Crippen LogP contribution in [0.4, 0.5) is 0 Å². The van der Waals surface area contributed by atoms with E-state index >= 15 is 0 Å². The lowest BCUT2D eigenvalue weighted by molar-refractivity contribution is 0.106. The summed E-state index contributed by atoms with van der Waals surface area (Å²) in [4.78, 5) is 1.99. The Bertz CT molecular complexity index is 457. The van der Waals surface area contributed by atoms with Gasteiger partial charge in [-0.05, 0) is 74.7 Å². The summed E-state index contributed by atoms with van der Waals surface area (Å²) >= 11 is 3.24. The molecule has 0 bridgehead atoms. The molecule has 2 rings (SSSR count). The lowest BCUT2D eigenvalue weighted by Crippen LogP contribution is -2.17. The summed E-state index contributed by atoms with van der Waals surface area (Å²) in [5.41, 5.74) is 1.34. The molecule has 0 aromatic heterocycles. The highest BCUT2D eigenvalue weighted by atomic mass is 32.2. The van der Waals surface area contributed by atoms with Gasteiger partial charge in [0.1, 0.15) is 5.75 Å². The molecule has 1 aliphatic carbocycles. The van der Waals surface area contributed by atoms with E-state index in [0.29, 0.717) is 5.75 Å². The normalized spacial score (nSPS) is 21.5. The molecule has 1 aromatic carbocycles. The molecule has 0 amide bonds. The predicted molar refractivity (Wildman–Crippen MR) is 102 cm³/mol. The Morgan fingerprint density at radius 2 is 1.57 bits per heavy atom. The maximum Gasteiger partial charge on any atom is 0.142 e. The van der Waals surface area contributed by atoms with Gasteiger partial charge in [0, 0.05) is 0 Å². The van der Waals surface area contributed by atoms with Gasteiger partial charge < -0.3 is 10.2 Å². The topological polar surface area (TPSA) is 40.5 Å². The third kappa shape index (κ3) is 5.91. The Balaban J connectivity index is 1.72. The van der Waals surface area contributed by atoms with E-state index in [-0.39, 0.29) is 6.10 Å². The maximum atomic E-state index is 10.1. The predicted octanol–water partition coefficient (Wildman–Crippen LogP) is 5.49. The van der Waals surface area contributed by atoms with E-state index in [1.165, 1.54) is 44.1 Å². The SMILES string of the molecule is CSc1cc(CCCCCC2CCC(O)CC2)cc(SC)c1O. The van der Waals surface area contributed by atoms with E-state index in [4.69, 9.17) is 0 Å². The molecule has 0 radical (unpaired) electrons. The molecule has 4 heteroatoms. The third-order valence-corrected chi connectivity index (χ3v) is 6.44. The van der Waals surface area contributed by atoms with Crippen LogP contribution in [-0.4, -0.2) is 28.8 Å². The van der Waals surface area contributed by atoms with Gasteiger partial charge in [-0.1, -0.05) is 19.3 Å². The number of aryl methyl sites for hydroxylation is 1. The molecule has 130 valence electrons. The van der Waals surface area contributed by atoms with E-state index in [1.54, 1.807) is 23.5 Å². The van der Waals surface area contributed by atoms with Crippen LogP contribution in [0.15, 0.2) is 21.9 Å². The summed E-state index contributed by atoms with van der Waals surface area (Å²) in [6.07, 6.45) is 14.7. The number of rotatable bonds is 8. The van der Waals surface area contributed by atoms with Gasteiger partial charge in [-0.2, -0.15) is 0 Å². The standard InChI is InChI=1S/C19H30O2S2/c1-22-17-12-15(13-18(23-2)19(17)21)7-5-3-4-6-14-8-10-16(20)11-9-14/h12-14,16,20-21H,3-11H2,1-2H3. The first-order valence-corrected chi connectivity index (χ1v) is 11.2. The number of phenolic OH excluding ortho intramolecular Hbond substituents is 1. The van der Waals surface area contributed by atoms with Crippen molar-refractivity contribution in [2.24, 2.45) is 5.92 Å². The van der Waals surface area contributed by atoms with Gasteiger partial charge in [-0.15, -0.1) is 23.5 Å². The second-order valence-corrected chi connectivity index (χ2v) is 8.32. The highest BCUT2D eigenvalue weighted by Gasteiger charge is 2.18. The molecule has 2 N–H and O–H groups in total. The Kier molecular flexibility index (Phi) is 8.14. The summed E-state index contributed by atoms with van der Waals surface area (Å²) in [6, 6.07) is 4.28. The van der Waals surface area contributed by atoms with E-state index in [1.807, 2.05) is 12.5 Å². The van der Waals surface area contributed by atoms with Crippen molar-refractivity contribution in [1.29, 1.82) is 0 Å². The smallest absolute Gasteiger partial charge is 0.142 e. The van der Waals surface area contributed by atoms with E-state index in [2.05, 4.69) is 12.1 Å². The summed E-state index contributed by atoms with van der Waals surface area (Å²) in [6.45, 7) is 0. The zero-order chi connectivity index (χ0) is 16.7. The fraction of sp³-hybridized carbons (Fsp3) is 0.684. The molecule has 1 aromatic rings. The number of hydrogen-bond acceptors (Lipinski definition) is 4. The zero-order valence-electron chi connectivity index (χ0n) is 14.4. The largest absolute Gasteiger partial charge is 0.506 e. The lowest BCUT2D eigenvalue weighted by atomic mass is 9.84. The van der Waals surface area contributed by atoms with E-state index < -0.39 is 0 Å². The first-order chi connectivity index (χ1) is 11.1. The molecule has 2 nitrogen and oxygen atoms in total. The second-order valence-electron chi connectivity index (χ2n) is 6.62. The molecule has 0 spiro atoms. The molecule has 1 fully saturated rings. The van der Waals surface area contributed by atoms with Crippen LogP contribution in [0.1, 0.15) is 56.9 Å². The summed E-state index contributed by atoms with van der Waals surface area (Å²) < 4.78 is 0. The first kappa shape index (κ1) is 19.0. The zero-order valence-corrected chi connectivity index (χ0v) is 16.0. The van der Waals surface area contributed by atoms with Crippen molar-refractivity contribution in [2.45, 2.75) is 73.7 Å². The van der Waals surface area contributed by atoms with Crippen LogP contribution in [0.25, 0.3) is 0 Å². The van der Waals surface area contributed by atoms with Crippen LogP contribution >= 0.6 is 23.5 Å². The van der Waals surface area contributed by atoms with E-state index in [0.717, 1.165) is 35.0 Å². The quantitative estimate of drug-likeness (QED) is 0.478. The van der Waals surface area contributed by atoms with Crippen molar-refractivity contribution >= 4 is 23.5 Å². The Labute approximate surface area is 149 Å². The summed E-state index contributed by atoms with van der Waals surface area (Å²) in [5, 5.41) is 19.7. The minimum Gasteiger partial charge on any atom is -0.506 e. The number of hydrogen-bond donors (Lipinski definition) is 2. The second kappa shape index (κ2) is 9.85. The molecule has 0 saturated heterocycles. The van der Waals surface area contributed by atoms with Crippen LogP contribution in [0.2, 0.25) is 0 Å². The fourth-order valence-corrected chi connectivity index (χ4v) is 4.67. The molecule has 0 unspecified atom stereocenters. The van der Waals surface area contributed by atoms with Gasteiger partial charge >= 0.3 is 0 Å². The number of phenols is 1. The van der Waals surface area contributed by atoms with E-state index in [9.17, 15) is 10.2 Å². The van der Waals surface area contributed by atoms with Crippen LogP contribution in [-0.2, 0) is 6.42 Å². The number of thioether (sulfide) groups is 2. The van der Waals surface area contributed by atoms with Crippen molar-refractivity contribution in [3.05, 3.63) is 17.7 Å². The van der Waals surface area contributed by atoms with Crippen molar-refractivity contribution in [1.82, 2.24) is 0 Å². The highest BCUT2D eigenvalue weighted by Crippen LogP contribution is 2.37. The molecule has 0 atom stereocenters.